The maximum atomic E-state index is 14.9. The number of rotatable bonds is 5. The highest BCUT2D eigenvalue weighted by Gasteiger charge is 2.26. The summed E-state index contributed by atoms with van der Waals surface area (Å²) in [7, 11) is 1.56. The Bertz CT molecular complexity index is 1480. The molecule has 35 heavy (non-hydrogen) atoms. The summed E-state index contributed by atoms with van der Waals surface area (Å²) in [5.41, 5.74) is 4.66. The van der Waals surface area contributed by atoms with E-state index in [0.717, 1.165) is 30.0 Å². The lowest BCUT2D eigenvalue weighted by Gasteiger charge is -2.22. The Morgan fingerprint density at radius 2 is 1.97 bits per heavy atom. The number of nitrogens with zero attached hydrogens (tertiary/aromatic N) is 4. The summed E-state index contributed by atoms with van der Waals surface area (Å²) >= 11 is 0. The Balaban J connectivity index is 1.49. The first kappa shape index (κ1) is 21.9. The van der Waals surface area contributed by atoms with Crippen molar-refractivity contribution < 1.29 is 18.3 Å². The van der Waals surface area contributed by atoms with Crippen molar-refractivity contribution in [3.8, 4) is 17.0 Å². The summed E-state index contributed by atoms with van der Waals surface area (Å²) < 4.78 is 42.0. The molecule has 6 nitrogen and oxygen atoms in total. The topological polar surface area (TPSA) is 62.1 Å². The Hall–Kier alpha value is -3.65. The standard InChI is InChI=1S/C27H24F2N4O2/c1-15-25(34-2)11-21-24(31-15)12-23(32-27(21)20-6-3-18(28)10-22(20)29)16-7-8-35-26(9-16)17-13-30-33(14-17)19-4-5-19/h3,6,9-14,19,26H,4-5,7-8H2,1-2H3/t26-/m1/s1. The molecule has 1 atom stereocenters. The number of aryl methyl sites for hydroxylation is 1. The van der Waals surface area contributed by atoms with Gasteiger partial charge in [0, 0.05) is 28.8 Å². The van der Waals surface area contributed by atoms with Crippen LogP contribution in [0.5, 0.6) is 5.75 Å². The largest absolute Gasteiger partial charge is 0.495 e. The Kier molecular flexibility index (Phi) is 5.33. The first-order valence-electron chi connectivity index (χ1n) is 11.7. The fourth-order valence-corrected chi connectivity index (χ4v) is 4.56. The Morgan fingerprint density at radius 3 is 2.74 bits per heavy atom. The smallest absolute Gasteiger partial charge is 0.140 e. The molecule has 1 aromatic carbocycles. The molecule has 1 fully saturated rings. The first-order chi connectivity index (χ1) is 17.0. The van der Waals surface area contributed by atoms with Crippen LogP contribution in [0.15, 0.2) is 48.8 Å². The van der Waals surface area contributed by atoms with Crippen LogP contribution in [0.3, 0.4) is 0 Å². The number of aromatic nitrogens is 4. The zero-order chi connectivity index (χ0) is 24.1. The zero-order valence-electron chi connectivity index (χ0n) is 19.5. The minimum absolute atomic E-state index is 0.209. The lowest BCUT2D eigenvalue weighted by Crippen LogP contribution is -2.11. The fourth-order valence-electron chi connectivity index (χ4n) is 4.56. The molecule has 0 spiro atoms. The Labute approximate surface area is 201 Å². The molecule has 8 heteroatoms. The minimum atomic E-state index is -0.679. The molecule has 4 aromatic rings. The monoisotopic (exact) mass is 474 g/mol. The van der Waals surface area contributed by atoms with Gasteiger partial charge in [-0.1, -0.05) is 0 Å². The molecule has 2 aliphatic rings. The van der Waals surface area contributed by atoms with E-state index in [1.54, 1.807) is 13.2 Å². The van der Waals surface area contributed by atoms with Crippen molar-refractivity contribution in [2.24, 2.45) is 0 Å². The van der Waals surface area contributed by atoms with Crippen molar-refractivity contribution in [3.63, 3.8) is 0 Å². The molecule has 178 valence electrons. The third-order valence-corrected chi connectivity index (χ3v) is 6.58. The van der Waals surface area contributed by atoms with Crippen molar-refractivity contribution in [3.05, 3.63) is 77.4 Å². The van der Waals surface area contributed by atoms with Crippen molar-refractivity contribution >= 4 is 16.5 Å². The molecule has 3 aromatic heterocycles. The zero-order valence-corrected chi connectivity index (χ0v) is 19.5. The number of benzene rings is 1. The summed E-state index contributed by atoms with van der Waals surface area (Å²) in [5, 5.41) is 5.12. The van der Waals surface area contributed by atoms with Gasteiger partial charge < -0.3 is 9.47 Å². The molecule has 0 unspecified atom stereocenters. The third kappa shape index (κ3) is 4.08. The molecule has 1 aliphatic carbocycles. The molecule has 0 N–H and O–H groups in total. The van der Waals surface area contributed by atoms with Crippen LogP contribution in [-0.4, -0.2) is 33.5 Å². The van der Waals surface area contributed by atoms with Crippen LogP contribution in [0, 0.1) is 18.6 Å². The van der Waals surface area contributed by atoms with E-state index in [2.05, 4.69) is 5.10 Å². The van der Waals surface area contributed by atoms with E-state index in [-0.39, 0.29) is 11.7 Å². The maximum Gasteiger partial charge on any atom is 0.140 e. The van der Waals surface area contributed by atoms with Crippen molar-refractivity contribution in [1.29, 1.82) is 0 Å². The molecule has 0 radical (unpaired) electrons. The molecule has 1 saturated carbocycles. The molecule has 6 rings (SSSR count). The minimum Gasteiger partial charge on any atom is -0.495 e. The predicted octanol–water partition coefficient (Wildman–Crippen LogP) is 5.97. The van der Waals surface area contributed by atoms with Gasteiger partial charge in [-0.15, -0.1) is 0 Å². The number of methoxy groups -OCH3 is 1. The van der Waals surface area contributed by atoms with E-state index < -0.39 is 11.6 Å². The number of pyridine rings is 2. The van der Waals surface area contributed by atoms with Crippen LogP contribution in [0.25, 0.3) is 27.7 Å². The summed E-state index contributed by atoms with van der Waals surface area (Å²) in [6.07, 6.45) is 8.70. The van der Waals surface area contributed by atoms with Gasteiger partial charge >= 0.3 is 0 Å². The number of ether oxygens (including phenoxy) is 2. The van der Waals surface area contributed by atoms with Crippen LogP contribution in [-0.2, 0) is 4.74 Å². The fraction of sp³-hybridized carbons (Fsp3) is 0.296. The highest BCUT2D eigenvalue weighted by atomic mass is 19.1. The first-order valence-corrected chi connectivity index (χ1v) is 11.7. The predicted molar refractivity (Wildman–Crippen MR) is 128 cm³/mol. The lowest BCUT2D eigenvalue weighted by atomic mass is 9.98. The van der Waals surface area contributed by atoms with Crippen LogP contribution < -0.4 is 4.74 Å². The van der Waals surface area contributed by atoms with Gasteiger partial charge in [0.05, 0.1) is 48.6 Å². The second-order valence-electron chi connectivity index (χ2n) is 9.04. The molecule has 1 aliphatic heterocycles. The van der Waals surface area contributed by atoms with E-state index in [4.69, 9.17) is 19.4 Å². The lowest BCUT2D eigenvalue weighted by molar-refractivity contribution is 0.0826. The second-order valence-corrected chi connectivity index (χ2v) is 9.04. The van der Waals surface area contributed by atoms with Crippen LogP contribution in [0.4, 0.5) is 8.78 Å². The molecular formula is C27H24F2N4O2. The highest BCUT2D eigenvalue weighted by Crippen LogP contribution is 2.38. The van der Waals surface area contributed by atoms with E-state index >= 15 is 0 Å². The van der Waals surface area contributed by atoms with Gasteiger partial charge in [0.15, 0.2) is 0 Å². The molecule has 0 saturated heterocycles. The van der Waals surface area contributed by atoms with Crippen LogP contribution in [0.1, 0.15) is 48.4 Å². The van der Waals surface area contributed by atoms with E-state index in [0.29, 0.717) is 52.8 Å². The van der Waals surface area contributed by atoms with Gasteiger partial charge in [0.2, 0.25) is 0 Å². The molecular weight excluding hydrogens is 450 g/mol. The molecule has 0 amide bonds. The van der Waals surface area contributed by atoms with Crippen LogP contribution >= 0.6 is 0 Å². The summed E-state index contributed by atoms with van der Waals surface area (Å²) in [5.74, 6) is -0.740. The van der Waals surface area contributed by atoms with E-state index in [1.807, 2.05) is 36.1 Å². The van der Waals surface area contributed by atoms with Gasteiger partial charge in [-0.3, -0.25) is 4.68 Å². The second kappa shape index (κ2) is 8.53. The summed E-state index contributed by atoms with van der Waals surface area (Å²) in [6.45, 7) is 2.39. The Morgan fingerprint density at radius 1 is 1.11 bits per heavy atom. The maximum absolute atomic E-state index is 14.9. The number of hydrogen-bond acceptors (Lipinski definition) is 5. The number of hydrogen-bond donors (Lipinski definition) is 0. The van der Waals surface area contributed by atoms with Crippen LogP contribution in [0.2, 0.25) is 0 Å². The van der Waals surface area contributed by atoms with Gasteiger partial charge in [-0.2, -0.15) is 5.10 Å². The summed E-state index contributed by atoms with van der Waals surface area (Å²) in [6, 6.07) is 7.73. The van der Waals surface area contributed by atoms with E-state index in [1.165, 1.54) is 12.1 Å². The third-order valence-electron chi connectivity index (χ3n) is 6.58. The number of fused-ring (bicyclic) bond motifs is 1. The average molecular weight is 475 g/mol. The van der Waals surface area contributed by atoms with Gasteiger partial charge in [0.25, 0.3) is 0 Å². The SMILES string of the molecule is COc1cc2c(-c3ccc(F)cc3F)nc(C3=C[C@H](c4cnn(C5CC5)c4)OCC3)cc2nc1C. The van der Waals surface area contributed by atoms with Gasteiger partial charge in [-0.25, -0.2) is 18.7 Å². The van der Waals surface area contributed by atoms with Gasteiger partial charge in [-0.05, 0) is 62.1 Å². The van der Waals surface area contributed by atoms with Gasteiger partial charge in [0.1, 0.15) is 23.5 Å². The van der Waals surface area contributed by atoms with E-state index in [9.17, 15) is 8.78 Å². The molecule has 4 heterocycles. The highest BCUT2D eigenvalue weighted by molar-refractivity contribution is 5.95. The summed E-state index contributed by atoms with van der Waals surface area (Å²) in [4.78, 5) is 9.57. The quantitative estimate of drug-likeness (QED) is 0.357. The van der Waals surface area contributed by atoms with Crippen molar-refractivity contribution in [2.75, 3.05) is 13.7 Å². The number of halogens is 2. The van der Waals surface area contributed by atoms with Crippen molar-refractivity contribution in [1.82, 2.24) is 19.7 Å². The van der Waals surface area contributed by atoms with Crippen molar-refractivity contribution in [2.45, 2.75) is 38.3 Å². The molecule has 0 bridgehead atoms. The normalized spacial score (nSPS) is 18.1. The average Bonchev–Trinajstić information content (AvgIpc) is 3.59.